The lowest BCUT2D eigenvalue weighted by Gasteiger charge is -2.31. The van der Waals surface area contributed by atoms with Crippen molar-refractivity contribution in [1.29, 1.82) is 0 Å². The molecular weight excluding hydrogens is 405 g/mol. The zero-order chi connectivity index (χ0) is 22.8. The van der Waals surface area contributed by atoms with Gasteiger partial charge in [-0.2, -0.15) is 0 Å². The Bertz CT molecular complexity index is 995. The fourth-order valence-electron chi connectivity index (χ4n) is 3.51. The molecular formula is C26H28FN3O2. The minimum absolute atomic E-state index is 0.103. The van der Waals surface area contributed by atoms with Gasteiger partial charge in [0.2, 0.25) is 11.8 Å². The van der Waals surface area contributed by atoms with Crippen LogP contribution in [0.25, 0.3) is 0 Å². The summed E-state index contributed by atoms with van der Waals surface area (Å²) in [6, 6.07) is 18.7. The fraction of sp³-hybridized carbons (Fsp3) is 0.269. The maximum atomic E-state index is 13.4. The molecule has 0 aliphatic heterocycles. The quantitative estimate of drug-likeness (QED) is 0.519. The third-order valence-electron chi connectivity index (χ3n) is 5.19. The molecule has 0 fully saturated rings. The van der Waals surface area contributed by atoms with Gasteiger partial charge in [0.1, 0.15) is 11.9 Å². The van der Waals surface area contributed by atoms with Crippen LogP contribution in [0, 0.1) is 5.82 Å². The molecule has 1 N–H and O–H groups in total. The Morgan fingerprint density at radius 2 is 1.69 bits per heavy atom. The van der Waals surface area contributed by atoms with Gasteiger partial charge in [0, 0.05) is 38.3 Å². The summed E-state index contributed by atoms with van der Waals surface area (Å²) in [4.78, 5) is 32.1. The number of benzene rings is 2. The molecule has 166 valence electrons. The van der Waals surface area contributed by atoms with E-state index in [1.165, 1.54) is 12.1 Å². The second-order valence-electron chi connectivity index (χ2n) is 7.68. The Hall–Kier alpha value is -3.54. The van der Waals surface area contributed by atoms with E-state index in [1.807, 2.05) is 49.4 Å². The van der Waals surface area contributed by atoms with E-state index in [0.717, 1.165) is 16.7 Å². The first kappa shape index (κ1) is 23.1. The van der Waals surface area contributed by atoms with Gasteiger partial charge in [0.15, 0.2) is 0 Å². The minimum atomic E-state index is -0.696. The molecule has 0 radical (unpaired) electrons. The molecule has 0 saturated heterocycles. The maximum absolute atomic E-state index is 13.4. The van der Waals surface area contributed by atoms with Gasteiger partial charge in [-0.15, -0.1) is 0 Å². The smallest absolute Gasteiger partial charge is 0.243 e. The summed E-state index contributed by atoms with van der Waals surface area (Å²) in [6.45, 7) is 2.49. The molecule has 6 heteroatoms. The van der Waals surface area contributed by atoms with E-state index in [0.29, 0.717) is 25.8 Å². The molecule has 3 rings (SSSR count). The van der Waals surface area contributed by atoms with E-state index < -0.39 is 6.04 Å². The van der Waals surface area contributed by atoms with Crippen LogP contribution in [0.2, 0.25) is 0 Å². The van der Waals surface area contributed by atoms with Crippen molar-refractivity contribution in [3.05, 3.63) is 102 Å². The Morgan fingerprint density at radius 3 is 2.34 bits per heavy atom. The molecule has 32 heavy (non-hydrogen) atoms. The predicted octanol–water partition coefficient (Wildman–Crippen LogP) is 4.28. The molecule has 0 aliphatic rings. The molecule has 3 aromatic rings. The Balaban J connectivity index is 1.87. The molecule has 0 bridgehead atoms. The first-order valence-corrected chi connectivity index (χ1v) is 10.8. The number of aromatic nitrogens is 1. The number of nitrogens with one attached hydrogen (secondary N) is 1. The summed E-state index contributed by atoms with van der Waals surface area (Å²) in [5.74, 6) is -0.672. The first-order chi connectivity index (χ1) is 15.6. The summed E-state index contributed by atoms with van der Waals surface area (Å²) in [7, 11) is 0. The van der Waals surface area contributed by atoms with Gasteiger partial charge in [0.25, 0.3) is 0 Å². The number of rotatable bonds is 10. The fourth-order valence-corrected chi connectivity index (χ4v) is 3.51. The van der Waals surface area contributed by atoms with Crippen LogP contribution in [0.5, 0.6) is 0 Å². The van der Waals surface area contributed by atoms with E-state index in [2.05, 4.69) is 10.3 Å². The zero-order valence-electron chi connectivity index (χ0n) is 18.2. The van der Waals surface area contributed by atoms with Crippen LogP contribution in [0.4, 0.5) is 4.39 Å². The number of hydrogen-bond donors (Lipinski definition) is 1. The van der Waals surface area contributed by atoms with Gasteiger partial charge in [0.05, 0.1) is 0 Å². The highest BCUT2D eigenvalue weighted by molar-refractivity contribution is 5.88. The van der Waals surface area contributed by atoms with Gasteiger partial charge >= 0.3 is 0 Å². The molecule has 0 spiro atoms. The molecule has 5 nitrogen and oxygen atoms in total. The van der Waals surface area contributed by atoms with Gasteiger partial charge < -0.3 is 10.2 Å². The molecule has 0 unspecified atom stereocenters. The minimum Gasteiger partial charge on any atom is -0.350 e. The van der Waals surface area contributed by atoms with E-state index in [4.69, 9.17) is 0 Å². The number of halogens is 1. The molecule has 0 saturated carbocycles. The molecule has 1 heterocycles. The Labute approximate surface area is 188 Å². The third-order valence-corrected chi connectivity index (χ3v) is 5.19. The first-order valence-electron chi connectivity index (χ1n) is 10.8. The number of amides is 2. The van der Waals surface area contributed by atoms with Crippen molar-refractivity contribution in [2.75, 3.05) is 0 Å². The van der Waals surface area contributed by atoms with E-state index in [1.54, 1.807) is 29.4 Å². The van der Waals surface area contributed by atoms with Crippen molar-refractivity contribution in [3.63, 3.8) is 0 Å². The highest BCUT2D eigenvalue weighted by Crippen LogP contribution is 2.17. The van der Waals surface area contributed by atoms with Crippen LogP contribution in [-0.2, 0) is 29.1 Å². The molecule has 2 aromatic carbocycles. The van der Waals surface area contributed by atoms with E-state index in [9.17, 15) is 14.0 Å². The lowest BCUT2D eigenvalue weighted by molar-refractivity contribution is -0.141. The summed E-state index contributed by atoms with van der Waals surface area (Å²) in [5, 5.41) is 2.96. The van der Waals surface area contributed by atoms with Crippen molar-refractivity contribution < 1.29 is 14.0 Å². The van der Waals surface area contributed by atoms with Crippen LogP contribution in [0.3, 0.4) is 0 Å². The van der Waals surface area contributed by atoms with Gasteiger partial charge in [-0.3, -0.25) is 14.6 Å². The summed E-state index contributed by atoms with van der Waals surface area (Å²) in [6.07, 6.45) is 4.77. The van der Waals surface area contributed by atoms with Crippen molar-refractivity contribution >= 4 is 11.8 Å². The molecule has 0 aliphatic carbocycles. The topological polar surface area (TPSA) is 62.3 Å². The number of hydrogen-bond acceptors (Lipinski definition) is 3. The van der Waals surface area contributed by atoms with Crippen molar-refractivity contribution in [2.45, 2.75) is 45.3 Å². The van der Waals surface area contributed by atoms with Crippen molar-refractivity contribution in [3.8, 4) is 0 Å². The highest BCUT2D eigenvalue weighted by atomic mass is 19.1. The summed E-state index contributed by atoms with van der Waals surface area (Å²) >= 11 is 0. The van der Waals surface area contributed by atoms with E-state index >= 15 is 0 Å². The average molecular weight is 434 g/mol. The van der Waals surface area contributed by atoms with Crippen LogP contribution in [-0.4, -0.2) is 27.7 Å². The SMILES string of the molecule is CCCC(=O)N(Cc1ccc(F)cc1)[C@@H](Cc1ccccc1)C(=O)NCc1cccnc1. The van der Waals surface area contributed by atoms with Crippen LogP contribution in [0.1, 0.15) is 36.5 Å². The average Bonchev–Trinajstić information content (AvgIpc) is 2.82. The standard InChI is InChI=1S/C26H28FN3O2/c1-2-7-25(31)30(19-21-11-13-23(27)14-12-21)24(16-20-8-4-3-5-9-20)26(32)29-18-22-10-6-15-28-17-22/h3-6,8-15,17,24H,2,7,16,18-19H2,1H3,(H,29,32)/t24-/m0/s1. The monoisotopic (exact) mass is 433 g/mol. The maximum Gasteiger partial charge on any atom is 0.243 e. The van der Waals surface area contributed by atoms with Crippen molar-refractivity contribution in [1.82, 2.24) is 15.2 Å². The third kappa shape index (κ3) is 6.74. The number of carbonyl (C=O) groups is 2. The highest BCUT2D eigenvalue weighted by Gasteiger charge is 2.29. The largest absolute Gasteiger partial charge is 0.350 e. The summed E-state index contributed by atoms with van der Waals surface area (Å²) < 4.78 is 13.4. The lowest BCUT2D eigenvalue weighted by Crippen LogP contribution is -2.50. The lowest BCUT2D eigenvalue weighted by atomic mass is 10.0. The normalized spacial score (nSPS) is 11.6. The second-order valence-corrected chi connectivity index (χ2v) is 7.68. The van der Waals surface area contributed by atoms with Crippen LogP contribution in [0.15, 0.2) is 79.1 Å². The predicted molar refractivity (Wildman–Crippen MR) is 122 cm³/mol. The summed E-state index contributed by atoms with van der Waals surface area (Å²) in [5.41, 5.74) is 2.61. The number of carbonyl (C=O) groups excluding carboxylic acids is 2. The van der Waals surface area contributed by atoms with Crippen LogP contribution >= 0.6 is 0 Å². The van der Waals surface area contributed by atoms with Crippen LogP contribution < -0.4 is 5.32 Å². The molecule has 1 atom stereocenters. The van der Waals surface area contributed by atoms with Crippen molar-refractivity contribution in [2.24, 2.45) is 0 Å². The second kappa shape index (κ2) is 11.7. The Morgan fingerprint density at radius 1 is 0.969 bits per heavy atom. The van der Waals surface area contributed by atoms with E-state index in [-0.39, 0.29) is 24.2 Å². The Kier molecular flexibility index (Phi) is 8.49. The number of pyridine rings is 1. The molecule has 2 amide bonds. The van der Waals surface area contributed by atoms with Gasteiger partial charge in [-0.25, -0.2) is 4.39 Å². The van der Waals surface area contributed by atoms with Gasteiger partial charge in [-0.05, 0) is 41.3 Å². The molecule has 1 aromatic heterocycles. The zero-order valence-corrected chi connectivity index (χ0v) is 18.2. The van der Waals surface area contributed by atoms with Gasteiger partial charge in [-0.1, -0.05) is 55.5 Å². The number of nitrogens with zero attached hydrogens (tertiary/aromatic N) is 2.